The van der Waals surface area contributed by atoms with Crippen LogP contribution < -0.4 is 5.32 Å². The van der Waals surface area contributed by atoms with E-state index in [0.717, 1.165) is 31.2 Å². The Kier molecular flexibility index (Phi) is 6.89. The van der Waals surface area contributed by atoms with Gasteiger partial charge < -0.3 is 15.0 Å². The lowest BCUT2D eigenvalue weighted by Gasteiger charge is -2.35. The molecular formula is C22H32N2O3. The molecule has 5 nitrogen and oxygen atoms in total. The van der Waals surface area contributed by atoms with E-state index < -0.39 is 0 Å². The Hall–Kier alpha value is -1.88. The highest BCUT2D eigenvalue weighted by Gasteiger charge is 2.26. The highest BCUT2D eigenvalue weighted by atomic mass is 16.5. The number of rotatable bonds is 4. The maximum absolute atomic E-state index is 12.7. The van der Waals surface area contributed by atoms with Crippen LogP contribution in [0.3, 0.4) is 0 Å². The summed E-state index contributed by atoms with van der Waals surface area (Å²) in [5, 5.41) is 3.07. The summed E-state index contributed by atoms with van der Waals surface area (Å²) >= 11 is 0. The van der Waals surface area contributed by atoms with Crippen LogP contribution in [-0.2, 0) is 16.1 Å². The summed E-state index contributed by atoms with van der Waals surface area (Å²) in [7, 11) is 0. The molecule has 1 saturated carbocycles. The first-order valence-electron chi connectivity index (χ1n) is 10.3. The molecule has 148 valence electrons. The lowest BCUT2D eigenvalue weighted by Crippen LogP contribution is -2.48. The molecule has 2 aliphatic rings. The third-order valence-electron chi connectivity index (χ3n) is 5.60. The second-order valence-corrected chi connectivity index (χ2v) is 8.07. The van der Waals surface area contributed by atoms with Crippen molar-refractivity contribution in [3.63, 3.8) is 0 Å². The number of morpholine rings is 1. The van der Waals surface area contributed by atoms with Gasteiger partial charge in [-0.3, -0.25) is 9.59 Å². The minimum atomic E-state index is 0.0473. The smallest absolute Gasteiger partial charge is 0.254 e. The number of hydrogen-bond acceptors (Lipinski definition) is 3. The van der Waals surface area contributed by atoms with Gasteiger partial charge in [0.2, 0.25) is 5.91 Å². The molecule has 1 aliphatic carbocycles. The Morgan fingerprint density at radius 2 is 1.59 bits per heavy atom. The number of amides is 2. The molecule has 0 spiro atoms. The van der Waals surface area contributed by atoms with E-state index in [-0.39, 0.29) is 29.9 Å². The highest BCUT2D eigenvalue weighted by molar-refractivity contribution is 5.94. The van der Waals surface area contributed by atoms with Crippen LogP contribution in [0.1, 0.15) is 68.3 Å². The number of carbonyl (C=O) groups is 2. The van der Waals surface area contributed by atoms with E-state index in [1.807, 2.05) is 43.0 Å². The Morgan fingerprint density at radius 1 is 1.00 bits per heavy atom. The summed E-state index contributed by atoms with van der Waals surface area (Å²) in [5.41, 5.74) is 1.72. The van der Waals surface area contributed by atoms with Crippen molar-refractivity contribution in [2.45, 2.75) is 71.1 Å². The van der Waals surface area contributed by atoms with Crippen LogP contribution in [0, 0.1) is 5.92 Å². The van der Waals surface area contributed by atoms with Crippen LogP contribution >= 0.6 is 0 Å². The summed E-state index contributed by atoms with van der Waals surface area (Å²) in [6.07, 6.45) is 6.97. The standard InChI is InChI=1S/C22H32N2O3/c1-16-14-24(15-17(2)27-16)22(26)20-11-9-18(10-12-20)13-23-21(25)19-7-5-3-4-6-8-19/h9-12,16-17,19H,3-8,13-15H2,1-2H3,(H,23,25)/t16-,17-/m0/s1. The summed E-state index contributed by atoms with van der Waals surface area (Å²) in [6, 6.07) is 7.60. The first-order valence-corrected chi connectivity index (χ1v) is 10.3. The third-order valence-corrected chi connectivity index (χ3v) is 5.60. The number of nitrogens with one attached hydrogen (secondary N) is 1. The van der Waals surface area contributed by atoms with Gasteiger partial charge in [0, 0.05) is 31.1 Å². The predicted molar refractivity (Wildman–Crippen MR) is 105 cm³/mol. The van der Waals surface area contributed by atoms with Crippen LogP contribution in [0.2, 0.25) is 0 Å². The van der Waals surface area contributed by atoms with E-state index in [9.17, 15) is 9.59 Å². The molecule has 1 N–H and O–H groups in total. The van der Waals surface area contributed by atoms with E-state index in [1.54, 1.807) is 0 Å². The fraction of sp³-hybridized carbons (Fsp3) is 0.636. The quantitative estimate of drug-likeness (QED) is 0.823. The molecule has 2 atom stereocenters. The normalized spacial score (nSPS) is 24.3. The minimum Gasteiger partial charge on any atom is -0.372 e. The second kappa shape index (κ2) is 9.36. The third kappa shape index (κ3) is 5.55. The van der Waals surface area contributed by atoms with Gasteiger partial charge in [0.15, 0.2) is 0 Å². The van der Waals surface area contributed by atoms with E-state index >= 15 is 0 Å². The molecule has 27 heavy (non-hydrogen) atoms. The van der Waals surface area contributed by atoms with Crippen molar-refractivity contribution >= 4 is 11.8 Å². The molecule has 5 heteroatoms. The van der Waals surface area contributed by atoms with Gasteiger partial charge in [0.25, 0.3) is 5.91 Å². The monoisotopic (exact) mass is 372 g/mol. The van der Waals surface area contributed by atoms with Gasteiger partial charge in [-0.2, -0.15) is 0 Å². The van der Waals surface area contributed by atoms with Gasteiger partial charge in [-0.25, -0.2) is 0 Å². The van der Waals surface area contributed by atoms with Crippen LogP contribution in [0.15, 0.2) is 24.3 Å². The van der Waals surface area contributed by atoms with Crippen molar-refractivity contribution in [2.75, 3.05) is 13.1 Å². The summed E-state index contributed by atoms with van der Waals surface area (Å²) in [5.74, 6) is 0.387. The SMILES string of the molecule is C[C@H]1CN(C(=O)c2ccc(CNC(=O)C3CCCCCC3)cc2)C[C@H](C)O1. The fourth-order valence-electron chi connectivity index (χ4n) is 4.17. The van der Waals surface area contributed by atoms with Crippen molar-refractivity contribution in [3.8, 4) is 0 Å². The molecule has 2 fully saturated rings. The second-order valence-electron chi connectivity index (χ2n) is 8.07. The van der Waals surface area contributed by atoms with Crippen LogP contribution in [0.5, 0.6) is 0 Å². The van der Waals surface area contributed by atoms with E-state index in [4.69, 9.17) is 4.74 Å². The number of ether oxygens (including phenoxy) is 1. The molecular weight excluding hydrogens is 340 g/mol. The maximum Gasteiger partial charge on any atom is 0.254 e. The average Bonchev–Trinajstić information content (AvgIpc) is 2.95. The predicted octanol–water partition coefficient (Wildman–Crippen LogP) is 3.52. The maximum atomic E-state index is 12.7. The molecule has 2 amide bonds. The van der Waals surface area contributed by atoms with Crippen molar-refractivity contribution in [1.29, 1.82) is 0 Å². The highest BCUT2D eigenvalue weighted by Crippen LogP contribution is 2.23. The molecule has 1 aromatic rings. The first-order chi connectivity index (χ1) is 13.0. The molecule has 1 aromatic carbocycles. The molecule has 0 bridgehead atoms. The van der Waals surface area contributed by atoms with Gasteiger partial charge in [-0.15, -0.1) is 0 Å². The summed E-state index contributed by atoms with van der Waals surface area (Å²) in [4.78, 5) is 27.0. The molecule has 0 aromatic heterocycles. The van der Waals surface area contributed by atoms with Gasteiger partial charge in [0.05, 0.1) is 12.2 Å². The molecule has 0 radical (unpaired) electrons. The van der Waals surface area contributed by atoms with Crippen LogP contribution in [-0.4, -0.2) is 42.0 Å². The van der Waals surface area contributed by atoms with Crippen molar-refractivity contribution in [1.82, 2.24) is 10.2 Å². The van der Waals surface area contributed by atoms with Crippen LogP contribution in [0.25, 0.3) is 0 Å². The van der Waals surface area contributed by atoms with E-state index in [2.05, 4.69) is 5.32 Å². The lowest BCUT2D eigenvalue weighted by molar-refractivity contribution is -0.125. The van der Waals surface area contributed by atoms with Crippen LogP contribution in [0.4, 0.5) is 0 Å². The molecule has 3 rings (SSSR count). The van der Waals surface area contributed by atoms with Crippen molar-refractivity contribution < 1.29 is 14.3 Å². The fourth-order valence-corrected chi connectivity index (χ4v) is 4.17. The number of carbonyl (C=O) groups excluding carboxylic acids is 2. The molecule has 1 heterocycles. The Labute approximate surface area is 162 Å². The first kappa shape index (κ1) is 19.9. The average molecular weight is 373 g/mol. The zero-order valence-corrected chi connectivity index (χ0v) is 16.6. The van der Waals surface area contributed by atoms with Gasteiger partial charge >= 0.3 is 0 Å². The van der Waals surface area contributed by atoms with Gasteiger partial charge in [0.1, 0.15) is 0 Å². The number of hydrogen-bond donors (Lipinski definition) is 1. The molecule has 0 unspecified atom stereocenters. The minimum absolute atomic E-state index is 0.0473. The summed E-state index contributed by atoms with van der Waals surface area (Å²) in [6.45, 7) is 5.77. The number of benzene rings is 1. The Balaban J connectivity index is 1.52. The zero-order chi connectivity index (χ0) is 19.2. The largest absolute Gasteiger partial charge is 0.372 e. The van der Waals surface area contributed by atoms with Crippen molar-refractivity contribution in [3.05, 3.63) is 35.4 Å². The van der Waals surface area contributed by atoms with Gasteiger partial charge in [-0.1, -0.05) is 37.8 Å². The lowest BCUT2D eigenvalue weighted by atomic mass is 9.99. The zero-order valence-electron chi connectivity index (χ0n) is 16.6. The van der Waals surface area contributed by atoms with Gasteiger partial charge in [-0.05, 0) is 44.4 Å². The van der Waals surface area contributed by atoms with E-state index in [1.165, 1.54) is 12.8 Å². The van der Waals surface area contributed by atoms with E-state index in [0.29, 0.717) is 25.2 Å². The number of nitrogens with zero attached hydrogens (tertiary/aromatic N) is 1. The Morgan fingerprint density at radius 3 is 2.19 bits per heavy atom. The summed E-state index contributed by atoms with van der Waals surface area (Å²) < 4.78 is 5.70. The topological polar surface area (TPSA) is 58.6 Å². The molecule has 1 aliphatic heterocycles. The Bertz CT molecular complexity index is 625. The molecule has 1 saturated heterocycles. The van der Waals surface area contributed by atoms with Crippen molar-refractivity contribution in [2.24, 2.45) is 5.92 Å².